The molecule has 0 saturated carbocycles. The second kappa shape index (κ2) is 7.42. The lowest BCUT2D eigenvalue weighted by atomic mass is 9.78. The van der Waals surface area contributed by atoms with Crippen molar-refractivity contribution in [2.45, 2.75) is 46.1 Å². The summed E-state index contributed by atoms with van der Waals surface area (Å²) in [5, 5.41) is 3.46. The molecule has 3 fully saturated rings. The Morgan fingerprint density at radius 3 is 2.38 bits per heavy atom. The van der Waals surface area contributed by atoms with Gasteiger partial charge in [0.2, 0.25) is 11.8 Å². The molecule has 3 aliphatic rings. The number of rotatable bonds is 1. The van der Waals surface area contributed by atoms with Gasteiger partial charge in [0.25, 0.3) is 0 Å². The molecular formula is C17H30ClN3O2S. The Labute approximate surface area is 155 Å². The lowest BCUT2D eigenvalue weighted by molar-refractivity contribution is -0.148. The maximum Gasteiger partial charge on any atom is 0.246 e. The Balaban J connectivity index is 0.00000208. The Morgan fingerprint density at radius 1 is 1.17 bits per heavy atom. The van der Waals surface area contributed by atoms with Crippen LogP contribution in [-0.4, -0.2) is 65.5 Å². The molecule has 24 heavy (non-hydrogen) atoms. The highest BCUT2D eigenvalue weighted by molar-refractivity contribution is 7.99. The van der Waals surface area contributed by atoms with Crippen LogP contribution in [0.4, 0.5) is 0 Å². The van der Waals surface area contributed by atoms with E-state index >= 15 is 0 Å². The summed E-state index contributed by atoms with van der Waals surface area (Å²) in [6.07, 6.45) is 3.43. The third kappa shape index (κ3) is 3.86. The maximum absolute atomic E-state index is 12.9. The molecule has 1 N–H and O–H groups in total. The SMILES string of the molecule is CC(C)(C)C(=O)N1CSCC1C(=O)N1CCC2(CCNC2)CC1.Cl. The minimum Gasteiger partial charge on any atom is -0.341 e. The molecule has 1 atom stereocenters. The van der Waals surface area contributed by atoms with Gasteiger partial charge in [-0.15, -0.1) is 24.2 Å². The predicted octanol–water partition coefficient (Wildman–Crippen LogP) is 1.96. The van der Waals surface area contributed by atoms with E-state index in [1.807, 2.05) is 25.7 Å². The van der Waals surface area contributed by atoms with Gasteiger partial charge in [0.15, 0.2) is 0 Å². The van der Waals surface area contributed by atoms with Gasteiger partial charge in [-0.1, -0.05) is 20.8 Å². The standard InChI is InChI=1S/C17H29N3O2S.ClH/c1-16(2,3)15(22)20-12-23-10-13(20)14(21)19-8-5-17(6-9-19)4-7-18-11-17;/h13,18H,4-12H2,1-3H3;1H. The molecule has 138 valence electrons. The summed E-state index contributed by atoms with van der Waals surface area (Å²) in [6, 6.07) is -0.262. The fraction of sp³-hybridized carbons (Fsp3) is 0.882. The first-order valence-electron chi connectivity index (χ1n) is 8.71. The molecule has 0 aromatic rings. The van der Waals surface area contributed by atoms with Gasteiger partial charge in [0.1, 0.15) is 6.04 Å². The van der Waals surface area contributed by atoms with Crippen molar-refractivity contribution in [2.24, 2.45) is 10.8 Å². The van der Waals surface area contributed by atoms with Gasteiger partial charge in [-0.05, 0) is 31.2 Å². The number of carbonyl (C=O) groups excluding carboxylic acids is 2. The molecule has 0 aromatic carbocycles. The van der Waals surface area contributed by atoms with E-state index in [2.05, 4.69) is 5.32 Å². The minimum atomic E-state index is -0.426. The monoisotopic (exact) mass is 375 g/mol. The van der Waals surface area contributed by atoms with E-state index in [4.69, 9.17) is 0 Å². The van der Waals surface area contributed by atoms with E-state index in [1.54, 1.807) is 16.7 Å². The van der Waals surface area contributed by atoms with Crippen molar-refractivity contribution >= 4 is 36.0 Å². The molecule has 1 spiro atoms. The van der Waals surface area contributed by atoms with E-state index in [1.165, 1.54) is 6.42 Å². The largest absolute Gasteiger partial charge is 0.341 e. The minimum absolute atomic E-state index is 0. The van der Waals surface area contributed by atoms with Gasteiger partial charge in [-0.3, -0.25) is 9.59 Å². The van der Waals surface area contributed by atoms with E-state index in [9.17, 15) is 9.59 Å². The van der Waals surface area contributed by atoms with E-state index in [-0.39, 0.29) is 30.3 Å². The molecular weight excluding hydrogens is 346 g/mol. The molecule has 3 rings (SSSR count). The van der Waals surface area contributed by atoms with Crippen molar-refractivity contribution in [3.05, 3.63) is 0 Å². The first kappa shape index (κ1) is 19.9. The van der Waals surface area contributed by atoms with Crippen molar-refractivity contribution < 1.29 is 9.59 Å². The average Bonchev–Trinajstić information content (AvgIpc) is 3.15. The van der Waals surface area contributed by atoms with Crippen LogP contribution in [0.2, 0.25) is 0 Å². The van der Waals surface area contributed by atoms with E-state index in [0.717, 1.165) is 44.8 Å². The third-order valence-electron chi connectivity index (χ3n) is 5.54. The van der Waals surface area contributed by atoms with Crippen LogP contribution in [0.15, 0.2) is 0 Å². The molecule has 3 heterocycles. The summed E-state index contributed by atoms with van der Waals surface area (Å²) in [7, 11) is 0. The van der Waals surface area contributed by atoms with Crippen molar-refractivity contribution in [3.8, 4) is 0 Å². The van der Waals surface area contributed by atoms with Gasteiger partial charge in [-0.25, -0.2) is 0 Å². The van der Waals surface area contributed by atoms with Gasteiger partial charge >= 0.3 is 0 Å². The van der Waals surface area contributed by atoms with Crippen LogP contribution in [0.3, 0.4) is 0 Å². The van der Waals surface area contributed by atoms with E-state index < -0.39 is 5.41 Å². The van der Waals surface area contributed by atoms with Gasteiger partial charge in [-0.2, -0.15) is 0 Å². The summed E-state index contributed by atoms with van der Waals surface area (Å²) in [5.74, 6) is 1.64. The number of likely N-dealkylation sites (tertiary alicyclic amines) is 1. The Kier molecular flexibility index (Phi) is 6.14. The number of carbonyl (C=O) groups is 2. The number of nitrogens with zero attached hydrogens (tertiary/aromatic N) is 2. The fourth-order valence-corrected chi connectivity index (χ4v) is 5.06. The second-order valence-corrected chi connectivity index (χ2v) is 9.29. The zero-order valence-electron chi connectivity index (χ0n) is 15.0. The topological polar surface area (TPSA) is 52.7 Å². The second-order valence-electron chi connectivity index (χ2n) is 8.29. The summed E-state index contributed by atoms with van der Waals surface area (Å²) in [5.41, 5.74) is -0.00692. The first-order valence-corrected chi connectivity index (χ1v) is 9.86. The molecule has 0 bridgehead atoms. The summed E-state index contributed by atoms with van der Waals surface area (Å²) >= 11 is 1.69. The quantitative estimate of drug-likeness (QED) is 0.761. The molecule has 0 aromatic heterocycles. The lowest BCUT2D eigenvalue weighted by Crippen LogP contribution is -2.54. The van der Waals surface area contributed by atoms with Crippen LogP contribution in [0.25, 0.3) is 0 Å². The van der Waals surface area contributed by atoms with Gasteiger partial charge in [0.05, 0.1) is 5.88 Å². The number of halogens is 1. The maximum atomic E-state index is 12.9. The average molecular weight is 376 g/mol. The van der Waals surface area contributed by atoms with Crippen molar-refractivity contribution in [1.82, 2.24) is 15.1 Å². The van der Waals surface area contributed by atoms with Crippen LogP contribution < -0.4 is 5.32 Å². The van der Waals surface area contributed by atoms with Gasteiger partial charge in [0, 0.05) is 30.8 Å². The van der Waals surface area contributed by atoms with Crippen molar-refractivity contribution in [3.63, 3.8) is 0 Å². The predicted molar refractivity (Wildman–Crippen MR) is 100 cm³/mol. The molecule has 5 nitrogen and oxygen atoms in total. The van der Waals surface area contributed by atoms with Crippen molar-refractivity contribution in [2.75, 3.05) is 37.8 Å². The number of nitrogens with one attached hydrogen (secondary N) is 1. The van der Waals surface area contributed by atoms with Crippen LogP contribution in [-0.2, 0) is 9.59 Å². The number of hydrogen-bond donors (Lipinski definition) is 1. The highest BCUT2D eigenvalue weighted by Crippen LogP contribution is 2.37. The molecule has 3 aliphatic heterocycles. The van der Waals surface area contributed by atoms with E-state index in [0.29, 0.717) is 11.3 Å². The van der Waals surface area contributed by atoms with Crippen LogP contribution in [0, 0.1) is 10.8 Å². The van der Waals surface area contributed by atoms with Crippen molar-refractivity contribution in [1.29, 1.82) is 0 Å². The normalized spacial score (nSPS) is 26.5. The summed E-state index contributed by atoms with van der Waals surface area (Å²) < 4.78 is 0. The fourth-order valence-electron chi connectivity index (χ4n) is 3.91. The zero-order chi connectivity index (χ0) is 16.7. The summed E-state index contributed by atoms with van der Waals surface area (Å²) in [6.45, 7) is 9.69. The Bertz CT molecular complexity index is 479. The molecule has 3 saturated heterocycles. The lowest BCUT2D eigenvalue weighted by Gasteiger charge is -2.40. The highest BCUT2D eigenvalue weighted by atomic mass is 35.5. The highest BCUT2D eigenvalue weighted by Gasteiger charge is 2.43. The first-order chi connectivity index (χ1) is 10.8. The zero-order valence-corrected chi connectivity index (χ0v) is 16.6. The van der Waals surface area contributed by atoms with Crippen LogP contribution in [0.5, 0.6) is 0 Å². The molecule has 7 heteroatoms. The molecule has 0 radical (unpaired) electrons. The third-order valence-corrected chi connectivity index (χ3v) is 6.55. The number of amides is 2. The Hall–Kier alpha value is -0.460. The summed E-state index contributed by atoms with van der Waals surface area (Å²) in [4.78, 5) is 29.4. The number of piperidine rings is 1. The molecule has 0 aliphatic carbocycles. The molecule has 1 unspecified atom stereocenters. The number of hydrogen-bond acceptors (Lipinski definition) is 4. The smallest absolute Gasteiger partial charge is 0.246 e. The molecule has 2 amide bonds. The van der Waals surface area contributed by atoms with Crippen LogP contribution >= 0.6 is 24.2 Å². The van der Waals surface area contributed by atoms with Crippen LogP contribution in [0.1, 0.15) is 40.0 Å². The number of thioether (sulfide) groups is 1. The van der Waals surface area contributed by atoms with Gasteiger partial charge < -0.3 is 15.1 Å². The Morgan fingerprint density at radius 2 is 1.83 bits per heavy atom.